The van der Waals surface area contributed by atoms with Gasteiger partial charge in [0.25, 0.3) is 0 Å². The Labute approximate surface area is 117 Å². The van der Waals surface area contributed by atoms with Gasteiger partial charge in [-0.1, -0.05) is 0 Å². The second kappa shape index (κ2) is 6.67. The Kier molecular flexibility index (Phi) is 4.92. The summed E-state index contributed by atoms with van der Waals surface area (Å²) in [5.41, 5.74) is 6.34. The van der Waals surface area contributed by atoms with E-state index in [-0.39, 0.29) is 11.6 Å². The summed E-state index contributed by atoms with van der Waals surface area (Å²) in [5, 5.41) is 2.71. The first-order chi connectivity index (χ1) is 9.58. The zero-order valence-electron chi connectivity index (χ0n) is 11.6. The summed E-state index contributed by atoms with van der Waals surface area (Å²) in [6, 6.07) is 3.94. The molecule has 5 nitrogen and oxygen atoms in total. The molecule has 0 radical (unpaired) electrons. The molecule has 1 heterocycles. The van der Waals surface area contributed by atoms with Crippen LogP contribution >= 0.6 is 0 Å². The molecule has 1 fully saturated rings. The Morgan fingerprint density at radius 2 is 2.40 bits per heavy atom. The molecule has 1 atom stereocenters. The van der Waals surface area contributed by atoms with Gasteiger partial charge in [0.1, 0.15) is 5.82 Å². The number of nitrogens with zero attached hydrogens (tertiary/aromatic N) is 1. The van der Waals surface area contributed by atoms with E-state index in [1.165, 1.54) is 18.2 Å². The molecule has 1 saturated heterocycles. The van der Waals surface area contributed by atoms with Crippen molar-refractivity contribution in [3.63, 3.8) is 0 Å². The summed E-state index contributed by atoms with van der Waals surface area (Å²) in [6.45, 7) is 2.79. The fourth-order valence-electron chi connectivity index (χ4n) is 2.47. The van der Waals surface area contributed by atoms with E-state index in [0.717, 1.165) is 26.1 Å². The van der Waals surface area contributed by atoms with Gasteiger partial charge in [-0.05, 0) is 37.1 Å². The number of methoxy groups -OCH3 is 1. The number of carbonyl (C=O) groups excluding carboxylic acids is 1. The Bertz CT molecular complexity index is 481. The average Bonchev–Trinajstić information content (AvgIpc) is 2.81. The zero-order chi connectivity index (χ0) is 14.5. The standard InChI is InChI=1S/C14H20FN3O2/c1-20-9-10-4-5-18(7-10)8-14(19)17-13-3-2-11(15)6-12(13)16/h2-3,6,10H,4-5,7-9,16H2,1H3,(H,17,19). The SMILES string of the molecule is COCC1CCN(CC(=O)Nc2ccc(F)cc2N)C1. The fourth-order valence-corrected chi connectivity index (χ4v) is 2.47. The maximum Gasteiger partial charge on any atom is 0.238 e. The highest BCUT2D eigenvalue weighted by Gasteiger charge is 2.23. The van der Waals surface area contributed by atoms with E-state index in [9.17, 15) is 9.18 Å². The van der Waals surface area contributed by atoms with Gasteiger partial charge in [-0.25, -0.2) is 4.39 Å². The van der Waals surface area contributed by atoms with Crippen molar-refractivity contribution in [2.24, 2.45) is 5.92 Å². The van der Waals surface area contributed by atoms with Gasteiger partial charge < -0.3 is 15.8 Å². The van der Waals surface area contributed by atoms with Crippen LogP contribution in [0.2, 0.25) is 0 Å². The Balaban J connectivity index is 1.84. The summed E-state index contributed by atoms with van der Waals surface area (Å²) < 4.78 is 18.0. The van der Waals surface area contributed by atoms with Crippen molar-refractivity contribution in [2.45, 2.75) is 6.42 Å². The van der Waals surface area contributed by atoms with Gasteiger partial charge in [0.15, 0.2) is 0 Å². The van der Waals surface area contributed by atoms with E-state index < -0.39 is 5.82 Å². The van der Waals surface area contributed by atoms with Crippen LogP contribution in [0.5, 0.6) is 0 Å². The monoisotopic (exact) mass is 281 g/mol. The number of nitrogen functional groups attached to an aromatic ring is 1. The minimum Gasteiger partial charge on any atom is -0.397 e. The summed E-state index contributed by atoms with van der Waals surface area (Å²) >= 11 is 0. The van der Waals surface area contributed by atoms with E-state index >= 15 is 0 Å². The number of likely N-dealkylation sites (tertiary alicyclic amines) is 1. The molecule has 20 heavy (non-hydrogen) atoms. The minimum absolute atomic E-state index is 0.138. The van der Waals surface area contributed by atoms with Crippen molar-refractivity contribution in [1.82, 2.24) is 4.90 Å². The van der Waals surface area contributed by atoms with Crippen molar-refractivity contribution in [3.8, 4) is 0 Å². The molecule has 0 aromatic heterocycles. The van der Waals surface area contributed by atoms with Crippen molar-refractivity contribution < 1.29 is 13.9 Å². The molecule has 1 aromatic carbocycles. The van der Waals surface area contributed by atoms with Crippen LogP contribution in [0.25, 0.3) is 0 Å². The number of hydrogen-bond donors (Lipinski definition) is 2. The van der Waals surface area contributed by atoms with Crippen LogP contribution in [0.15, 0.2) is 18.2 Å². The lowest BCUT2D eigenvalue weighted by Crippen LogP contribution is -2.32. The number of halogens is 1. The third-order valence-corrected chi connectivity index (χ3v) is 3.43. The molecule has 1 unspecified atom stereocenters. The van der Waals surface area contributed by atoms with Gasteiger partial charge in [0.05, 0.1) is 24.5 Å². The van der Waals surface area contributed by atoms with E-state index in [0.29, 0.717) is 18.2 Å². The number of benzene rings is 1. The maximum absolute atomic E-state index is 12.9. The lowest BCUT2D eigenvalue weighted by atomic mass is 10.1. The van der Waals surface area contributed by atoms with Gasteiger partial charge in [-0.2, -0.15) is 0 Å². The number of nitrogens with two attached hydrogens (primary N) is 1. The number of ether oxygens (including phenoxy) is 1. The topological polar surface area (TPSA) is 67.6 Å². The van der Waals surface area contributed by atoms with Crippen LogP contribution in [0.1, 0.15) is 6.42 Å². The van der Waals surface area contributed by atoms with Crippen molar-refractivity contribution in [1.29, 1.82) is 0 Å². The summed E-state index contributed by atoms with van der Waals surface area (Å²) in [7, 11) is 1.69. The third-order valence-electron chi connectivity index (χ3n) is 3.43. The number of nitrogens with one attached hydrogen (secondary N) is 1. The van der Waals surface area contributed by atoms with Crippen LogP contribution < -0.4 is 11.1 Å². The molecule has 0 aliphatic carbocycles. The number of anilines is 2. The second-order valence-electron chi connectivity index (χ2n) is 5.12. The minimum atomic E-state index is -0.414. The molecule has 0 saturated carbocycles. The van der Waals surface area contributed by atoms with Crippen molar-refractivity contribution in [3.05, 3.63) is 24.0 Å². The number of carbonyl (C=O) groups is 1. The summed E-state index contributed by atoms with van der Waals surface area (Å²) in [4.78, 5) is 14.0. The smallest absolute Gasteiger partial charge is 0.238 e. The molecule has 6 heteroatoms. The first-order valence-corrected chi connectivity index (χ1v) is 6.64. The van der Waals surface area contributed by atoms with Crippen molar-refractivity contribution in [2.75, 3.05) is 44.4 Å². The Hall–Kier alpha value is -1.66. The molecular formula is C14H20FN3O2. The summed E-state index contributed by atoms with van der Waals surface area (Å²) in [6.07, 6.45) is 1.04. The average molecular weight is 281 g/mol. The Morgan fingerprint density at radius 3 is 3.10 bits per heavy atom. The predicted molar refractivity (Wildman–Crippen MR) is 75.9 cm³/mol. The van der Waals surface area contributed by atoms with E-state index in [4.69, 9.17) is 10.5 Å². The first-order valence-electron chi connectivity index (χ1n) is 6.64. The zero-order valence-corrected chi connectivity index (χ0v) is 11.6. The van der Waals surface area contributed by atoms with Crippen molar-refractivity contribution >= 4 is 17.3 Å². The largest absolute Gasteiger partial charge is 0.397 e. The molecular weight excluding hydrogens is 261 g/mol. The Morgan fingerprint density at radius 1 is 1.60 bits per heavy atom. The van der Waals surface area contributed by atoms with Crippen LogP contribution in [0, 0.1) is 11.7 Å². The maximum atomic E-state index is 12.9. The normalized spacial score (nSPS) is 19.2. The molecule has 0 bridgehead atoms. The van der Waals surface area contributed by atoms with Crippen LogP contribution in [-0.2, 0) is 9.53 Å². The van der Waals surface area contributed by atoms with Crippen LogP contribution in [0.4, 0.5) is 15.8 Å². The lowest BCUT2D eigenvalue weighted by Gasteiger charge is -2.16. The molecule has 1 aromatic rings. The number of rotatable bonds is 5. The highest BCUT2D eigenvalue weighted by atomic mass is 19.1. The van der Waals surface area contributed by atoms with E-state index in [1.807, 2.05) is 0 Å². The van der Waals surface area contributed by atoms with E-state index in [1.54, 1.807) is 7.11 Å². The fraction of sp³-hybridized carbons (Fsp3) is 0.500. The third kappa shape index (κ3) is 3.91. The van der Waals surface area contributed by atoms with Gasteiger partial charge in [-0.15, -0.1) is 0 Å². The molecule has 0 spiro atoms. The van der Waals surface area contributed by atoms with E-state index in [2.05, 4.69) is 10.2 Å². The highest BCUT2D eigenvalue weighted by molar-refractivity contribution is 5.95. The predicted octanol–water partition coefficient (Wildman–Crippen LogP) is 1.31. The quantitative estimate of drug-likeness (QED) is 0.799. The first kappa shape index (κ1) is 14.7. The van der Waals surface area contributed by atoms with Crippen LogP contribution in [0.3, 0.4) is 0 Å². The molecule has 110 valence electrons. The lowest BCUT2D eigenvalue weighted by molar-refractivity contribution is -0.117. The molecule has 1 amide bonds. The van der Waals surface area contributed by atoms with Crippen LogP contribution in [-0.4, -0.2) is 44.2 Å². The van der Waals surface area contributed by atoms with Gasteiger partial charge in [0.2, 0.25) is 5.91 Å². The molecule has 2 rings (SSSR count). The molecule has 1 aliphatic rings. The number of amides is 1. The highest BCUT2D eigenvalue weighted by Crippen LogP contribution is 2.20. The second-order valence-corrected chi connectivity index (χ2v) is 5.12. The number of hydrogen-bond acceptors (Lipinski definition) is 4. The summed E-state index contributed by atoms with van der Waals surface area (Å²) in [5.74, 6) is -0.0625. The molecule has 3 N–H and O–H groups in total. The molecule has 1 aliphatic heterocycles. The van der Waals surface area contributed by atoms with Gasteiger partial charge in [0, 0.05) is 13.7 Å². The van der Waals surface area contributed by atoms with Gasteiger partial charge >= 0.3 is 0 Å². The van der Waals surface area contributed by atoms with Gasteiger partial charge in [-0.3, -0.25) is 9.69 Å².